The summed E-state index contributed by atoms with van der Waals surface area (Å²) in [6.07, 6.45) is 0. The second-order valence-corrected chi connectivity index (χ2v) is 13.2. The fourth-order valence-electron chi connectivity index (χ4n) is 2.78. The van der Waals surface area contributed by atoms with Crippen molar-refractivity contribution in [1.82, 2.24) is 9.80 Å². The van der Waals surface area contributed by atoms with E-state index in [9.17, 15) is 9.90 Å². The van der Waals surface area contributed by atoms with E-state index in [0.717, 1.165) is 41.1 Å². The van der Waals surface area contributed by atoms with E-state index in [1.54, 1.807) is 35.0 Å². The molecule has 0 heterocycles. The predicted octanol–water partition coefficient (Wildman–Crippen LogP) is 7.79. The summed E-state index contributed by atoms with van der Waals surface area (Å²) in [4.78, 5) is 21.6. The van der Waals surface area contributed by atoms with E-state index in [1.165, 1.54) is 23.5 Å². The van der Waals surface area contributed by atoms with Crippen molar-refractivity contribution >= 4 is 108 Å². The van der Waals surface area contributed by atoms with Crippen molar-refractivity contribution in [2.75, 3.05) is 25.8 Å². The summed E-state index contributed by atoms with van der Waals surface area (Å²) in [5, 5.41) is 9.96. The van der Waals surface area contributed by atoms with Gasteiger partial charge in [0.1, 0.15) is 11.5 Å². The van der Waals surface area contributed by atoms with Crippen LogP contribution in [-0.2, 0) is 0 Å². The van der Waals surface area contributed by atoms with Gasteiger partial charge in [0.25, 0.3) is 10.4 Å². The Hall–Kier alpha value is -0.930. The zero-order valence-electron chi connectivity index (χ0n) is 19.7. The Morgan fingerprint density at radius 2 is 1.30 bits per heavy atom. The number of phenolic OH excluding ortho intramolecular Hbond substituents is 1. The summed E-state index contributed by atoms with van der Waals surface area (Å²) >= 11 is 27.0. The van der Waals surface area contributed by atoms with Crippen LogP contribution in [0.2, 0.25) is 0 Å². The smallest absolute Gasteiger partial charge is 0.286 e. The molecule has 0 spiro atoms. The van der Waals surface area contributed by atoms with Crippen LogP contribution in [0.15, 0.2) is 88.9 Å². The first-order valence-electron chi connectivity index (χ1n) is 10.5. The van der Waals surface area contributed by atoms with Crippen molar-refractivity contribution in [2.24, 2.45) is 0 Å². The van der Waals surface area contributed by atoms with Crippen LogP contribution in [0.3, 0.4) is 0 Å². The van der Waals surface area contributed by atoms with Crippen molar-refractivity contribution in [2.45, 2.75) is 34.3 Å². The van der Waals surface area contributed by atoms with E-state index in [0.29, 0.717) is 27.6 Å². The van der Waals surface area contributed by atoms with Gasteiger partial charge in [0.05, 0.1) is 11.8 Å². The van der Waals surface area contributed by atoms with Crippen LogP contribution in [0.4, 0.5) is 4.79 Å². The highest BCUT2D eigenvalue weighted by Gasteiger charge is 2.14. The van der Waals surface area contributed by atoms with Crippen LogP contribution >= 0.6 is 98.0 Å². The number of carbonyl (C=O) groups is 1. The lowest BCUT2D eigenvalue weighted by molar-refractivity contribution is 0.239. The molecule has 0 unspecified atom stereocenters. The van der Waals surface area contributed by atoms with Gasteiger partial charge in [-0.05, 0) is 78.6 Å². The maximum Gasteiger partial charge on any atom is 0.286 e. The summed E-state index contributed by atoms with van der Waals surface area (Å²) in [7, 11) is 3.58. The Morgan fingerprint density at radius 1 is 0.784 bits per heavy atom. The first-order chi connectivity index (χ1) is 17.5. The Morgan fingerprint density at radius 3 is 1.92 bits per heavy atom. The van der Waals surface area contributed by atoms with E-state index in [4.69, 9.17) is 17.0 Å². The number of carbonyl (C=O) groups excluding carboxylic acids is 1. The van der Waals surface area contributed by atoms with Crippen molar-refractivity contribution < 1.29 is 14.6 Å². The first-order valence-corrected chi connectivity index (χ1v) is 15.5. The average molecular weight is 645 g/mol. The average Bonchev–Trinajstić information content (AvgIpc) is 2.79. The number of rotatable bonds is 8. The third-order valence-corrected chi connectivity index (χ3v) is 9.06. The fraction of sp³-hybridized carbons (Fsp3) is 0.167. The Balaban J connectivity index is 1.54. The minimum atomic E-state index is -0.0882. The lowest BCUT2D eigenvalue weighted by Crippen LogP contribution is -2.29. The SMILES string of the molecule is CN(CSc1cc(S)cc(OC(=S)N(C)CSc2cc(O)cc(S)c2)c1)C(=O)Sc1cc(S)cc(S)c1. The van der Waals surface area contributed by atoms with Gasteiger partial charge < -0.3 is 19.6 Å². The number of hydrogen-bond acceptors (Lipinski definition) is 11. The minimum Gasteiger partial charge on any atom is -0.508 e. The standard InChI is InChI=1S/C24H24N2O3S8/c1-25(23(28)37-22-10-18(32)7-19(33)11-22)12-35-21-6-15(5-17(31)9-21)29-24(34)26(2)13-36-20-4-14(27)3-16(30)8-20/h3-11,27,30-33H,12-13H2,1-2H3. The summed E-state index contributed by atoms with van der Waals surface area (Å²) in [5.74, 6) is 1.68. The van der Waals surface area contributed by atoms with Crippen LogP contribution in [0, 0.1) is 0 Å². The predicted molar refractivity (Wildman–Crippen MR) is 171 cm³/mol. The van der Waals surface area contributed by atoms with E-state index < -0.39 is 0 Å². The lowest BCUT2D eigenvalue weighted by atomic mass is 10.3. The summed E-state index contributed by atoms with van der Waals surface area (Å²) in [5.41, 5.74) is 0. The highest BCUT2D eigenvalue weighted by atomic mass is 32.2. The molecule has 0 saturated carbocycles. The Labute approximate surface area is 257 Å². The van der Waals surface area contributed by atoms with Crippen molar-refractivity contribution in [3.8, 4) is 11.5 Å². The molecule has 0 aliphatic carbocycles. The second kappa shape index (κ2) is 14.5. The van der Waals surface area contributed by atoms with Gasteiger partial charge in [-0.1, -0.05) is 0 Å². The minimum absolute atomic E-state index is 0.0882. The van der Waals surface area contributed by atoms with Gasteiger partial charge in [0, 0.05) is 48.4 Å². The molecule has 1 N–H and O–H groups in total. The molecule has 13 heteroatoms. The first kappa shape index (κ1) is 30.6. The molecule has 3 rings (SSSR count). The lowest BCUT2D eigenvalue weighted by Gasteiger charge is -2.20. The zero-order chi connectivity index (χ0) is 27.1. The van der Waals surface area contributed by atoms with E-state index in [-0.39, 0.29) is 11.0 Å². The zero-order valence-corrected chi connectivity index (χ0v) is 26.5. The van der Waals surface area contributed by atoms with Gasteiger partial charge in [0.15, 0.2) is 0 Å². The van der Waals surface area contributed by atoms with E-state index in [1.807, 2.05) is 43.4 Å². The van der Waals surface area contributed by atoms with Crippen LogP contribution in [0.1, 0.15) is 0 Å². The molecule has 0 atom stereocenters. The molecule has 37 heavy (non-hydrogen) atoms. The van der Waals surface area contributed by atoms with E-state index >= 15 is 0 Å². The second-order valence-electron chi connectivity index (χ2n) is 7.71. The molecule has 5 nitrogen and oxygen atoms in total. The van der Waals surface area contributed by atoms with Gasteiger partial charge in [-0.25, -0.2) is 0 Å². The molecule has 3 aromatic carbocycles. The number of aromatic hydroxyl groups is 1. The number of benzene rings is 3. The number of hydrogen-bond donors (Lipinski definition) is 5. The number of thioether (sulfide) groups is 3. The van der Waals surface area contributed by atoms with Gasteiger partial charge in [-0.2, -0.15) is 0 Å². The normalized spacial score (nSPS) is 10.8. The van der Waals surface area contributed by atoms with Gasteiger partial charge in [-0.3, -0.25) is 4.79 Å². The van der Waals surface area contributed by atoms with Crippen molar-refractivity contribution in [3.05, 3.63) is 54.6 Å². The highest BCUT2D eigenvalue weighted by molar-refractivity contribution is 8.13. The molecular formula is C24H24N2O3S8. The van der Waals surface area contributed by atoms with Crippen LogP contribution in [0.25, 0.3) is 0 Å². The molecule has 1 amide bonds. The van der Waals surface area contributed by atoms with Crippen LogP contribution in [0.5, 0.6) is 11.5 Å². The molecular weight excluding hydrogens is 621 g/mol. The number of amides is 1. The molecule has 0 radical (unpaired) electrons. The molecule has 0 saturated heterocycles. The molecule has 0 fully saturated rings. The number of phenols is 1. The van der Waals surface area contributed by atoms with Gasteiger partial charge >= 0.3 is 0 Å². The molecule has 0 bridgehead atoms. The molecule has 0 aliphatic rings. The third kappa shape index (κ3) is 10.3. The third-order valence-electron chi connectivity index (χ3n) is 4.50. The summed E-state index contributed by atoms with van der Waals surface area (Å²) < 4.78 is 5.91. The maximum atomic E-state index is 12.7. The summed E-state index contributed by atoms with van der Waals surface area (Å²) in [6.45, 7) is 0. The number of thiol groups is 4. The highest BCUT2D eigenvalue weighted by Crippen LogP contribution is 2.31. The monoisotopic (exact) mass is 644 g/mol. The Bertz CT molecular complexity index is 1250. The van der Waals surface area contributed by atoms with E-state index in [2.05, 4.69) is 50.5 Å². The largest absolute Gasteiger partial charge is 0.508 e. The number of nitrogens with zero attached hydrogens (tertiary/aromatic N) is 2. The van der Waals surface area contributed by atoms with Gasteiger partial charge in [0.2, 0.25) is 0 Å². The topological polar surface area (TPSA) is 53.0 Å². The van der Waals surface area contributed by atoms with Crippen LogP contribution < -0.4 is 4.74 Å². The van der Waals surface area contributed by atoms with Gasteiger partial charge in [-0.15, -0.1) is 74.0 Å². The maximum absolute atomic E-state index is 12.7. The molecule has 3 aromatic rings. The van der Waals surface area contributed by atoms with Crippen molar-refractivity contribution in [3.63, 3.8) is 0 Å². The summed E-state index contributed by atoms with van der Waals surface area (Å²) in [6, 6.07) is 16.2. The van der Waals surface area contributed by atoms with Crippen LogP contribution in [-0.4, -0.2) is 51.2 Å². The molecule has 196 valence electrons. The molecule has 0 aliphatic heterocycles. The number of thiocarbonyl (C=S) groups is 1. The number of ether oxygens (including phenoxy) is 1. The molecule has 0 aromatic heterocycles. The van der Waals surface area contributed by atoms with Crippen molar-refractivity contribution in [1.29, 1.82) is 0 Å². The quantitative estimate of drug-likeness (QED) is 0.0738. The Kier molecular flexibility index (Phi) is 12.0. The fourth-order valence-corrected chi connectivity index (χ4v) is 7.19.